The molecule has 2 amide bonds. The number of aromatic nitrogens is 4. The number of carbonyl (C=O) groups is 2. The smallest absolute Gasteiger partial charge is 0.425 e. The highest BCUT2D eigenvalue weighted by Gasteiger charge is 2.37. The van der Waals surface area contributed by atoms with Gasteiger partial charge in [0, 0.05) is 5.92 Å². The van der Waals surface area contributed by atoms with Crippen LogP contribution in [0.25, 0.3) is 11.2 Å². The molecular formula is C30H39N5O5. The number of ether oxygens (including phenoxy) is 3. The molecule has 0 spiro atoms. The first-order chi connectivity index (χ1) is 18.9. The molecule has 10 heteroatoms. The molecule has 0 saturated carbocycles. The number of amides is 2. The minimum absolute atomic E-state index is 0.00170. The van der Waals surface area contributed by atoms with Gasteiger partial charge in [-0.25, -0.2) is 19.6 Å². The fourth-order valence-electron chi connectivity index (χ4n) is 4.46. The number of rotatable bonds is 5. The molecule has 0 radical (unpaired) electrons. The first kappa shape index (κ1) is 29.0. The van der Waals surface area contributed by atoms with Gasteiger partial charge in [-0.15, -0.1) is 0 Å². The van der Waals surface area contributed by atoms with E-state index in [0.29, 0.717) is 18.0 Å². The van der Waals surface area contributed by atoms with Crippen molar-refractivity contribution in [1.82, 2.24) is 19.5 Å². The third-order valence-electron chi connectivity index (χ3n) is 6.16. The van der Waals surface area contributed by atoms with Crippen molar-refractivity contribution in [3.63, 3.8) is 0 Å². The molecule has 2 heterocycles. The van der Waals surface area contributed by atoms with Crippen molar-refractivity contribution in [2.75, 3.05) is 12.0 Å². The van der Waals surface area contributed by atoms with Gasteiger partial charge in [0.1, 0.15) is 17.0 Å². The summed E-state index contributed by atoms with van der Waals surface area (Å²) in [5.74, 6) is 0.511. The minimum Gasteiger partial charge on any atom is -0.468 e. The van der Waals surface area contributed by atoms with E-state index >= 15 is 0 Å². The Morgan fingerprint density at radius 3 is 2.20 bits per heavy atom. The Balaban J connectivity index is 1.96. The van der Waals surface area contributed by atoms with Crippen LogP contribution in [0.5, 0.6) is 6.01 Å². The van der Waals surface area contributed by atoms with Gasteiger partial charge in [0.05, 0.1) is 13.7 Å². The molecule has 1 aromatic carbocycles. The molecule has 3 aromatic rings. The maximum Gasteiger partial charge on any atom is 0.425 e. The maximum atomic E-state index is 13.6. The van der Waals surface area contributed by atoms with Crippen molar-refractivity contribution in [3.05, 3.63) is 53.9 Å². The van der Waals surface area contributed by atoms with Crippen LogP contribution in [0.15, 0.2) is 42.5 Å². The number of carbonyl (C=O) groups excluding carboxylic acids is 2. The Hall–Kier alpha value is -3.95. The van der Waals surface area contributed by atoms with E-state index in [-0.39, 0.29) is 23.3 Å². The molecule has 10 nitrogen and oxygen atoms in total. The fraction of sp³-hybridized carbons (Fsp3) is 0.500. The van der Waals surface area contributed by atoms with E-state index in [2.05, 4.69) is 17.1 Å². The Bertz CT molecular complexity index is 1360. The molecule has 4 rings (SSSR count). The molecule has 1 unspecified atom stereocenters. The van der Waals surface area contributed by atoms with Crippen LogP contribution in [0.1, 0.15) is 84.5 Å². The Morgan fingerprint density at radius 2 is 1.60 bits per heavy atom. The van der Waals surface area contributed by atoms with Crippen molar-refractivity contribution in [1.29, 1.82) is 0 Å². The number of hydrogen-bond donors (Lipinski definition) is 0. The van der Waals surface area contributed by atoms with Gasteiger partial charge in [-0.2, -0.15) is 9.88 Å². The van der Waals surface area contributed by atoms with Crippen LogP contribution in [0.2, 0.25) is 0 Å². The first-order valence-corrected chi connectivity index (χ1v) is 13.6. The second kappa shape index (κ2) is 11.7. The zero-order valence-corrected chi connectivity index (χ0v) is 24.4. The van der Waals surface area contributed by atoms with Crippen molar-refractivity contribution < 1.29 is 23.8 Å². The van der Waals surface area contributed by atoms with E-state index in [1.165, 1.54) is 7.11 Å². The summed E-state index contributed by atoms with van der Waals surface area (Å²) in [5.41, 5.74) is -0.0512. The summed E-state index contributed by atoms with van der Waals surface area (Å²) >= 11 is 0. The molecule has 1 aliphatic rings. The molecule has 0 saturated heterocycles. The number of imidazole rings is 1. The average molecular weight is 550 g/mol. The standard InChI is InChI=1S/C30H39N5O5/c1-29(2,3)39-27(36)35(28(37)40-30(4,5)6)25-22-24(32-23(33-25)21-17-13-8-9-14-18-21)34(26(31-22)38-7)19-20-15-11-10-12-16-20/h8,10-13,15-16,21H,9,14,17-19H2,1-7H3. The molecule has 1 aliphatic carbocycles. The number of anilines is 1. The topological polar surface area (TPSA) is 109 Å². The maximum absolute atomic E-state index is 13.6. The summed E-state index contributed by atoms with van der Waals surface area (Å²) in [6, 6.07) is 10.1. The summed E-state index contributed by atoms with van der Waals surface area (Å²) < 4.78 is 18.8. The molecular weight excluding hydrogens is 510 g/mol. The average Bonchev–Trinajstić information content (AvgIpc) is 3.01. The SMILES string of the molecule is COc1nc2c(N(C(=O)OC(C)(C)C)C(=O)OC(C)(C)C)nc(C3CC=CCCC3)nc2n1Cc1ccccc1. The molecule has 40 heavy (non-hydrogen) atoms. The van der Waals surface area contributed by atoms with Crippen LogP contribution in [-0.4, -0.2) is 50.0 Å². The Labute approximate surface area is 235 Å². The number of hydrogen-bond acceptors (Lipinski definition) is 8. The van der Waals surface area contributed by atoms with Gasteiger partial charge in [-0.05, 0) is 72.8 Å². The van der Waals surface area contributed by atoms with E-state index in [4.69, 9.17) is 24.2 Å². The van der Waals surface area contributed by atoms with Crippen molar-refractivity contribution >= 4 is 29.2 Å². The lowest BCUT2D eigenvalue weighted by Crippen LogP contribution is -2.44. The lowest BCUT2D eigenvalue weighted by atomic mass is 10.00. The van der Waals surface area contributed by atoms with Gasteiger partial charge in [0.25, 0.3) is 6.01 Å². The van der Waals surface area contributed by atoms with Crippen LogP contribution >= 0.6 is 0 Å². The third-order valence-corrected chi connectivity index (χ3v) is 6.16. The van der Waals surface area contributed by atoms with Crippen molar-refractivity contribution in [3.8, 4) is 6.01 Å². The molecule has 1 atom stereocenters. The van der Waals surface area contributed by atoms with Gasteiger partial charge >= 0.3 is 12.2 Å². The molecule has 0 N–H and O–H groups in total. The summed E-state index contributed by atoms with van der Waals surface area (Å²) in [6.07, 6.45) is 6.03. The van der Waals surface area contributed by atoms with Gasteiger partial charge in [0.2, 0.25) is 0 Å². The normalized spacial score (nSPS) is 15.9. The summed E-state index contributed by atoms with van der Waals surface area (Å²) in [6.45, 7) is 10.8. The van der Waals surface area contributed by atoms with E-state index in [1.807, 2.05) is 34.9 Å². The number of imide groups is 1. The predicted octanol–water partition coefficient (Wildman–Crippen LogP) is 6.77. The number of nitrogens with zero attached hydrogens (tertiary/aromatic N) is 5. The molecule has 2 aromatic heterocycles. The molecule has 0 aliphatic heterocycles. The minimum atomic E-state index is -0.912. The van der Waals surface area contributed by atoms with Gasteiger partial charge < -0.3 is 14.2 Å². The highest BCUT2D eigenvalue weighted by atomic mass is 16.6. The van der Waals surface area contributed by atoms with E-state index < -0.39 is 23.4 Å². The predicted molar refractivity (Wildman–Crippen MR) is 153 cm³/mol. The number of methoxy groups -OCH3 is 1. The van der Waals surface area contributed by atoms with Crippen LogP contribution < -0.4 is 9.64 Å². The number of allylic oxidation sites excluding steroid dienone is 2. The second-order valence-corrected chi connectivity index (χ2v) is 11.9. The highest BCUT2D eigenvalue weighted by Crippen LogP contribution is 2.34. The van der Waals surface area contributed by atoms with Crippen LogP contribution in [0.4, 0.5) is 15.4 Å². The fourth-order valence-corrected chi connectivity index (χ4v) is 4.46. The first-order valence-electron chi connectivity index (χ1n) is 13.6. The summed E-state index contributed by atoms with van der Waals surface area (Å²) in [5, 5.41) is 0. The number of fused-ring (bicyclic) bond motifs is 1. The Kier molecular flexibility index (Phi) is 8.46. The zero-order valence-electron chi connectivity index (χ0n) is 24.4. The lowest BCUT2D eigenvalue weighted by molar-refractivity contribution is 0.0429. The van der Waals surface area contributed by atoms with Gasteiger partial charge in [-0.3, -0.25) is 4.57 Å². The van der Waals surface area contributed by atoms with Crippen molar-refractivity contribution in [2.24, 2.45) is 0 Å². The van der Waals surface area contributed by atoms with E-state index in [9.17, 15) is 9.59 Å². The largest absolute Gasteiger partial charge is 0.468 e. The van der Waals surface area contributed by atoms with Crippen LogP contribution in [0, 0.1) is 0 Å². The van der Waals surface area contributed by atoms with E-state index in [0.717, 1.165) is 36.1 Å². The molecule has 214 valence electrons. The summed E-state index contributed by atoms with van der Waals surface area (Å²) in [7, 11) is 1.52. The summed E-state index contributed by atoms with van der Waals surface area (Å²) in [4.78, 5) is 42.4. The van der Waals surface area contributed by atoms with Crippen molar-refractivity contribution in [2.45, 2.75) is 90.9 Å². The zero-order chi connectivity index (χ0) is 29.1. The van der Waals surface area contributed by atoms with Crippen LogP contribution in [0.3, 0.4) is 0 Å². The third kappa shape index (κ3) is 6.97. The lowest BCUT2D eigenvalue weighted by Gasteiger charge is -2.28. The molecule has 0 fully saturated rings. The van der Waals surface area contributed by atoms with Crippen LogP contribution in [-0.2, 0) is 16.0 Å². The highest BCUT2D eigenvalue weighted by molar-refractivity contribution is 6.12. The monoisotopic (exact) mass is 549 g/mol. The second-order valence-electron chi connectivity index (χ2n) is 11.9. The number of benzene rings is 1. The van der Waals surface area contributed by atoms with Gasteiger partial charge in [-0.1, -0.05) is 42.5 Å². The van der Waals surface area contributed by atoms with E-state index in [1.54, 1.807) is 41.5 Å². The quantitative estimate of drug-likeness (QED) is 0.321. The van der Waals surface area contributed by atoms with Gasteiger partial charge in [0.15, 0.2) is 17.0 Å². The molecule has 0 bridgehead atoms. The Morgan fingerprint density at radius 1 is 0.950 bits per heavy atom.